The fourth-order valence-electron chi connectivity index (χ4n) is 2.93. The molecule has 0 N–H and O–H groups in total. The van der Waals surface area contributed by atoms with Crippen LogP contribution in [0, 0.1) is 5.92 Å². The SMILES string of the molecule is ClC1c2ccccc2CC1CCCOc1ccccc1. The van der Waals surface area contributed by atoms with E-state index >= 15 is 0 Å². The normalized spacial score (nSPS) is 20.6. The number of rotatable bonds is 5. The van der Waals surface area contributed by atoms with E-state index in [1.54, 1.807) is 0 Å². The molecule has 2 aromatic carbocycles. The van der Waals surface area contributed by atoms with Gasteiger partial charge in [-0.15, -0.1) is 11.6 Å². The van der Waals surface area contributed by atoms with Gasteiger partial charge in [0.15, 0.2) is 0 Å². The molecule has 3 rings (SSSR count). The van der Waals surface area contributed by atoms with Crippen LogP contribution >= 0.6 is 11.6 Å². The van der Waals surface area contributed by atoms with Gasteiger partial charge in [-0.25, -0.2) is 0 Å². The number of alkyl halides is 1. The highest BCUT2D eigenvalue weighted by molar-refractivity contribution is 6.21. The highest BCUT2D eigenvalue weighted by Gasteiger charge is 2.29. The van der Waals surface area contributed by atoms with Crippen molar-refractivity contribution in [2.75, 3.05) is 6.61 Å². The maximum absolute atomic E-state index is 6.56. The molecule has 0 saturated heterocycles. The van der Waals surface area contributed by atoms with E-state index in [0.29, 0.717) is 5.92 Å². The van der Waals surface area contributed by atoms with Gasteiger partial charge in [0.25, 0.3) is 0 Å². The van der Waals surface area contributed by atoms with Crippen LogP contribution in [-0.4, -0.2) is 6.61 Å². The fourth-order valence-corrected chi connectivity index (χ4v) is 3.36. The highest BCUT2D eigenvalue weighted by atomic mass is 35.5. The van der Waals surface area contributed by atoms with Crippen molar-refractivity contribution in [2.45, 2.75) is 24.6 Å². The predicted molar refractivity (Wildman–Crippen MR) is 83.4 cm³/mol. The second-order valence-corrected chi connectivity index (χ2v) is 5.84. The molecule has 2 heteroatoms. The van der Waals surface area contributed by atoms with Gasteiger partial charge in [-0.3, -0.25) is 0 Å². The fraction of sp³-hybridized carbons (Fsp3) is 0.333. The predicted octanol–water partition coefficient (Wildman–Crippen LogP) is 5.00. The Bertz CT molecular complexity index is 552. The summed E-state index contributed by atoms with van der Waals surface area (Å²) in [6.45, 7) is 0.764. The zero-order chi connectivity index (χ0) is 13.8. The van der Waals surface area contributed by atoms with E-state index in [-0.39, 0.29) is 5.38 Å². The lowest BCUT2D eigenvalue weighted by atomic mass is 10.00. The molecule has 0 bridgehead atoms. The zero-order valence-corrected chi connectivity index (χ0v) is 12.2. The first-order valence-corrected chi connectivity index (χ1v) is 7.68. The van der Waals surface area contributed by atoms with E-state index in [1.165, 1.54) is 11.1 Å². The molecule has 104 valence electrons. The monoisotopic (exact) mass is 286 g/mol. The van der Waals surface area contributed by atoms with E-state index in [1.807, 2.05) is 30.3 Å². The van der Waals surface area contributed by atoms with Crippen molar-refractivity contribution >= 4 is 11.6 Å². The third kappa shape index (κ3) is 2.99. The Morgan fingerprint density at radius 1 is 1.00 bits per heavy atom. The lowest BCUT2D eigenvalue weighted by Gasteiger charge is -2.14. The largest absolute Gasteiger partial charge is 0.494 e. The van der Waals surface area contributed by atoms with Crippen LogP contribution < -0.4 is 4.74 Å². The second-order valence-electron chi connectivity index (χ2n) is 5.37. The second kappa shape index (κ2) is 6.32. The maximum atomic E-state index is 6.56. The van der Waals surface area contributed by atoms with Crippen LogP contribution in [0.4, 0.5) is 0 Å². The van der Waals surface area contributed by atoms with Crippen molar-refractivity contribution < 1.29 is 4.74 Å². The molecule has 0 aliphatic heterocycles. The van der Waals surface area contributed by atoms with Gasteiger partial charge in [0.05, 0.1) is 12.0 Å². The van der Waals surface area contributed by atoms with Crippen molar-refractivity contribution in [1.82, 2.24) is 0 Å². The summed E-state index contributed by atoms with van der Waals surface area (Å²) < 4.78 is 5.74. The molecule has 0 radical (unpaired) electrons. The first kappa shape index (κ1) is 13.5. The number of hydrogen-bond acceptors (Lipinski definition) is 1. The number of para-hydroxylation sites is 1. The summed E-state index contributed by atoms with van der Waals surface area (Å²) in [7, 11) is 0. The molecule has 1 aliphatic rings. The smallest absolute Gasteiger partial charge is 0.119 e. The maximum Gasteiger partial charge on any atom is 0.119 e. The number of benzene rings is 2. The number of fused-ring (bicyclic) bond motifs is 1. The summed E-state index contributed by atoms with van der Waals surface area (Å²) in [5.74, 6) is 1.50. The molecule has 20 heavy (non-hydrogen) atoms. The van der Waals surface area contributed by atoms with Crippen molar-refractivity contribution in [2.24, 2.45) is 5.92 Å². The third-order valence-electron chi connectivity index (χ3n) is 3.98. The van der Waals surface area contributed by atoms with E-state index in [0.717, 1.165) is 31.6 Å². The molecule has 2 aromatic rings. The summed E-state index contributed by atoms with van der Waals surface area (Å²) in [5, 5.41) is 0.169. The van der Waals surface area contributed by atoms with Gasteiger partial charge in [0.1, 0.15) is 5.75 Å². The van der Waals surface area contributed by atoms with Crippen LogP contribution in [0.25, 0.3) is 0 Å². The van der Waals surface area contributed by atoms with Crippen molar-refractivity contribution in [3.63, 3.8) is 0 Å². The molecule has 1 nitrogen and oxygen atoms in total. The van der Waals surface area contributed by atoms with Gasteiger partial charge in [0.2, 0.25) is 0 Å². The van der Waals surface area contributed by atoms with E-state index in [4.69, 9.17) is 16.3 Å². The van der Waals surface area contributed by atoms with E-state index < -0.39 is 0 Å². The molecular weight excluding hydrogens is 268 g/mol. The van der Waals surface area contributed by atoms with E-state index in [2.05, 4.69) is 24.3 Å². The van der Waals surface area contributed by atoms with Gasteiger partial charge in [-0.2, -0.15) is 0 Å². The van der Waals surface area contributed by atoms with Gasteiger partial charge >= 0.3 is 0 Å². The average molecular weight is 287 g/mol. The molecule has 0 fully saturated rings. The van der Waals surface area contributed by atoms with E-state index in [9.17, 15) is 0 Å². The Morgan fingerprint density at radius 3 is 2.55 bits per heavy atom. The topological polar surface area (TPSA) is 9.23 Å². The number of hydrogen-bond donors (Lipinski definition) is 0. The molecule has 2 atom stereocenters. The summed E-state index contributed by atoms with van der Waals surface area (Å²) in [4.78, 5) is 0. The Kier molecular flexibility index (Phi) is 4.27. The van der Waals surface area contributed by atoms with Crippen LogP contribution in [0.1, 0.15) is 29.3 Å². The van der Waals surface area contributed by atoms with Crippen LogP contribution in [0.5, 0.6) is 5.75 Å². The first-order valence-electron chi connectivity index (χ1n) is 7.24. The summed E-state index contributed by atoms with van der Waals surface area (Å²) in [6, 6.07) is 18.5. The zero-order valence-electron chi connectivity index (χ0n) is 11.5. The minimum atomic E-state index is 0.169. The van der Waals surface area contributed by atoms with Crippen LogP contribution in [0.15, 0.2) is 54.6 Å². The summed E-state index contributed by atoms with van der Waals surface area (Å²) in [6.07, 6.45) is 3.28. The lowest BCUT2D eigenvalue weighted by molar-refractivity contribution is 0.292. The van der Waals surface area contributed by atoms with Gasteiger partial charge < -0.3 is 4.74 Å². The quantitative estimate of drug-likeness (QED) is 0.555. The number of ether oxygens (including phenoxy) is 1. The molecule has 0 saturated carbocycles. The Balaban J connectivity index is 1.46. The molecule has 2 unspecified atom stereocenters. The third-order valence-corrected chi connectivity index (χ3v) is 4.57. The first-order chi connectivity index (χ1) is 9.84. The molecule has 0 heterocycles. The minimum absolute atomic E-state index is 0.169. The molecule has 0 spiro atoms. The van der Waals surface area contributed by atoms with Crippen molar-refractivity contribution in [3.8, 4) is 5.75 Å². The molecule has 0 amide bonds. The van der Waals surface area contributed by atoms with Crippen molar-refractivity contribution in [1.29, 1.82) is 0 Å². The van der Waals surface area contributed by atoms with Gasteiger partial charge in [-0.1, -0.05) is 42.5 Å². The highest BCUT2D eigenvalue weighted by Crippen LogP contribution is 2.42. The summed E-state index contributed by atoms with van der Waals surface area (Å²) in [5.41, 5.74) is 2.74. The Labute approximate surface area is 125 Å². The molecule has 1 aliphatic carbocycles. The molecule has 0 aromatic heterocycles. The van der Waals surface area contributed by atoms with Crippen LogP contribution in [-0.2, 0) is 6.42 Å². The lowest BCUT2D eigenvalue weighted by Crippen LogP contribution is -2.06. The van der Waals surface area contributed by atoms with Gasteiger partial charge in [-0.05, 0) is 48.4 Å². The van der Waals surface area contributed by atoms with Crippen molar-refractivity contribution in [3.05, 3.63) is 65.7 Å². The minimum Gasteiger partial charge on any atom is -0.494 e. The standard InChI is InChI=1S/C18H19ClO/c19-18-15(13-14-7-4-5-11-17(14)18)8-6-12-20-16-9-2-1-3-10-16/h1-5,7,9-11,15,18H,6,8,12-13H2. The molecular formula is C18H19ClO. The Hall–Kier alpha value is -1.47. The average Bonchev–Trinajstić information content (AvgIpc) is 2.82. The number of halogens is 1. The van der Waals surface area contributed by atoms with Gasteiger partial charge in [0, 0.05) is 0 Å². The summed E-state index contributed by atoms with van der Waals surface area (Å²) >= 11 is 6.56. The van der Waals surface area contributed by atoms with Crippen LogP contribution in [0.3, 0.4) is 0 Å². The van der Waals surface area contributed by atoms with Crippen LogP contribution in [0.2, 0.25) is 0 Å². The Morgan fingerprint density at radius 2 is 1.75 bits per heavy atom.